The van der Waals surface area contributed by atoms with Gasteiger partial charge in [0.25, 0.3) is 0 Å². The molecule has 9 aliphatic rings. The van der Waals surface area contributed by atoms with E-state index in [0.717, 1.165) is 38.5 Å². The summed E-state index contributed by atoms with van der Waals surface area (Å²) in [7, 11) is 0. The highest BCUT2D eigenvalue weighted by atomic mass is 16.8. The second-order valence-corrected chi connectivity index (χ2v) is 24.8. The van der Waals surface area contributed by atoms with Crippen molar-refractivity contribution < 1.29 is 104 Å². The number of allylic oxidation sites excluding steroid dienone is 2. The van der Waals surface area contributed by atoms with E-state index in [1.165, 1.54) is 5.57 Å². The molecular weight excluding hydrogens is 961 g/mol. The summed E-state index contributed by atoms with van der Waals surface area (Å²) in [5.74, 6) is 0.119. The van der Waals surface area contributed by atoms with Gasteiger partial charge in [0.2, 0.25) is 6.29 Å². The molecule has 0 radical (unpaired) electrons. The highest BCUT2D eigenvalue weighted by molar-refractivity contribution is 5.79. The molecule has 73 heavy (non-hydrogen) atoms. The molecule has 21 heteroatoms. The third-order valence-electron chi connectivity index (χ3n) is 21.0. The Morgan fingerprint density at radius 2 is 1.19 bits per heavy atom. The first-order chi connectivity index (χ1) is 34.3. The first kappa shape index (κ1) is 56.2. The summed E-state index contributed by atoms with van der Waals surface area (Å²) in [6.45, 7) is 14.0. The molecule has 4 saturated heterocycles. The molecule has 0 bridgehead atoms. The van der Waals surface area contributed by atoms with E-state index in [2.05, 4.69) is 54.5 Å². The van der Waals surface area contributed by atoms with Gasteiger partial charge < -0.3 is 99.2 Å². The number of aliphatic hydroxyl groups is 12. The number of ether oxygens (including phenoxy) is 8. The molecule has 0 spiro atoms. The Kier molecular flexibility index (Phi) is 15.8. The fourth-order valence-electron chi connectivity index (χ4n) is 16.2. The molecule has 0 aromatic carbocycles. The Labute approximate surface area is 426 Å². The predicted molar refractivity (Wildman–Crippen MR) is 251 cm³/mol. The number of hydrogen-bond acceptors (Lipinski definition) is 21. The first-order valence-electron chi connectivity index (χ1n) is 26.8. The van der Waals surface area contributed by atoms with Crippen molar-refractivity contribution in [3.8, 4) is 0 Å². The van der Waals surface area contributed by atoms with Crippen molar-refractivity contribution in [2.24, 2.45) is 56.7 Å². The monoisotopic (exact) mass is 1040 g/mol. The Bertz CT molecular complexity index is 1990. The van der Waals surface area contributed by atoms with Crippen molar-refractivity contribution in [2.75, 3.05) is 26.4 Å². The molecule has 28 atom stereocenters. The molecule has 0 aromatic heterocycles. The predicted octanol–water partition coefficient (Wildman–Crippen LogP) is -0.901. The normalized spacial score (nSPS) is 55.0. The van der Waals surface area contributed by atoms with Crippen molar-refractivity contribution in [1.29, 1.82) is 0 Å². The fraction of sp³-hybridized carbons (Fsp3) is 0.942. The van der Waals surface area contributed by atoms with Gasteiger partial charge in [0.1, 0.15) is 85.5 Å². The number of fused-ring (bicyclic) bond motifs is 7. The van der Waals surface area contributed by atoms with Gasteiger partial charge in [0, 0.05) is 0 Å². The van der Waals surface area contributed by atoms with Crippen LogP contribution in [0.4, 0.5) is 0 Å². The third kappa shape index (κ3) is 9.01. The van der Waals surface area contributed by atoms with Crippen LogP contribution in [0.15, 0.2) is 11.6 Å². The van der Waals surface area contributed by atoms with Crippen LogP contribution in [0, 0.1) is 56.7 Å². The van der Waals surface area contributed by atoms with Crippen LogP contribution in [0.25, 0.3) is 0 Å². The van der Waals surface area contributed by atoms with Crippen molar-refractivity contribution in [2.45, 2.75) is 223 Å². The lowest BCUT2D eigenvalue weighted by molar-refractivity contribution is -0.385. The van der Waals surface area contributed by atoms with Gasteiger partial charge in [-0.1, -0.05) is 60.1 Å². The molecule has 8 fully saturated rings. The first-order valence-corrected chi connectivity index (χ1v) is 26.8. The van der Waals surface area contributed by atoms with E-state index in [0.29, 0.717) is 25.2 Å². The Morgan fingerprint density at radius 3 is 1.85 bits per heavy atom. The van der Waals surface area contributed by atoms with Crippen molar-refractivity contribution in [3.05, 3.63) is 11.6 Å². The van der Waals surface area contributed by atoms with Crippen molar-refractivity contribution >= 4 is 5.97 Å². The molecule has 5 aliphatic carbocycles. The Hall–Kier alpha value is -1.55. The lowest BCUT2D eigenvalue weighted by Crippen LogP contribution is -2.67. The summed E-state index contributed by atoms with van der Waals surface area (Å²) in [6.07, 6.45) is -19.6. The van der Waals surface area contributed by atoms with E-state index in [-0.39, 0.29) is 46.5 Å². The highest BCUT2D eigenvalue weighted by Crippen LogP contribution is 2.76. The molecular formula is C52H84O21. The zero-order valence-electron chi connectivity index (χ0n) is 43.2. The zero-order valence-corrected chi connectivity index (χ0v) is 43.2. The standard InChI is InChI=1S/C52H84O21/c1-22-10-15-52(47(65)73-45-40(64)37(61)35(59)28(19-54)69-45)17-16-50(6)24(32(52)23(22)2)8-9-30-49(5)13-12-31(48(3,4)29(49)11-14-51(30,50)7)70-46-42(72-44-39(63)36(60)34(58)27(18-53)68-44)41(26(56)21-67-46)71-43-38(62)33(57)25(55)20-66-43/h8,22-23,25-46,53-64H,9-21H2,1-7H3/t22-,23+,25+,26+,27-,28-,29+,30-,31+,32+,33+,34-,35-,36+,37+,38-,39-,40-,41+,42-,43+,44+,45+,46+,49+,50-,51-,52+/m1/s1. The summed E-state index contributed by atoms with van der Waals surface area (Å²) in [6, 6.07) is 0. The second kappa shape index (κ2) is 20.6. The minimum absolute atomic E-state index is 0.113. The molecule has 4 aliphatic heterocycles. The van der Waals surface area contributed by atoms with Gasteiger partial charge in [0.05, 0.1) is 37.9 Å². The lowest BCUT2D eigenvalue weighted by Gasteiger charge is -2.71. The summed E-state index contributed by atoms with van der Waals surface area (Å²) in [5.41, 5.74) is -0.825. The molecule has 21 nitrogen and oxygen atoms in total. The minimum Gasteiger partial charge on any atom is -0.432 e. The van der Waals surface area contributed by atoms with Crippen LogP contribution < -0.4 is 0 Å². The molecule has 418 valence electrons. The smallest absolute Gasteiger partial charge is 0.315 e. The molecule has 0 unspecified atom stereocenters. The van der Waals surface area contributed by atoms with Crippen LogP contribution in [0.1, 0.15) is 106 Å². The van der Waals surface area contributed by atoms with Crippen LogP contribution in [0.3, 0.4) is 0 Å². The molecule has 4 saturated carbocycles. The van der Waals surface area contributed by atoms with Crippen molar-refractivity contribution in [1.82, 2.24) is 0 Å². The lowest BCUT2D eigenvalue weighted by atomic mass is 9.33. The van der Waals surface area contributed by atoms with E-state index < -0.39 is 153 Å². The maximum atomic E-state index is 14.8. The summed E-state index contributed by atoms with van der Waals surface area (Å²) in [4.78, 5) is 14.8. The Morgan fingerprint density at radius 1 is 0.603 bits per heavy atom. The largest absolute Gasteiger partial charge is 0.432 e. The Balaban J connectivity index is 0.974. The van der Waals surface area contributed by atoms with Gasteiger partial charge in [-0.2, -0.15) is 0 Å². The van der Waals surface area contributed by atoms with Crippen LogP contribution in [0.2, 0.25) is 0 Å². The number of hydrogen-bond donors (Lipinski definition) is 12. The van der Waals surface area contributed by atoms with Gasteiger partial charge in [0.15, 0.2) is 18.9 Å². The van der Waals surface area contributed by atoms with Gasteiger partial charge in [-0.25, -0.2) is 0 Å². The van der Waals surface area contributed by atoms with Crippen LogP contribution in [-0.2, 0) is 42.7 Å². The van der Waals surface area contributed by atoms with Crippen LogP contribution in [0.5, 0.6) is 0 Å². The number of aliphatic hydroxyl groups excluding tert-OH is 12. The van der Waals surface area contributed by atoms with E-state index in [1.807, 2.05) is 0 Å². The number of carbonyl (C=O) groups is 1. The van der Waals surface area contributed by atoms with E-state index in [1.54, 1.807) is 0 Å². The molecule has 4 heterocycles. The maximum absolute atomic E-state index is 14.8. The minimum atomic E-state index is -1.84. The number of esters is 1. The maximum Gasteiger partial charge on any atom is 0.315 e. The van der Waals surface area contributed by atoms with Gasteiger partial charge in [-0.3, -0.25) is 4.79 Å². The second-order valence-electron chi connectivity index (χ2n) is 24.8. The third-order valence-corrected chi connectivity index (χ3v) is 21.0. The molecule has 9 rings (SSSR count). The van der Waals surface area contributed by atoms with Crippen LogP contribution >= 0.6 is 0 Å². The average Bonchev–Trinajstić information content (AvgIpc) is 3.35. The number of rotatable bonds is 10. The topological polar surface area (TPSA) is 334 Å². The highest BCUT2D eigenvalue weighted by Gasteiger charge is 2.70. The quantitative estimate of drug-likeness (QED) is 0.0717. The molecule has 12 N–H and O–H groups in total. The van der Waals surface area contributed by atoms with Gasteiger partial charge in [-0.05, 0) is 109 Å². The SMILES string of the molecule is C[C@H]1[C@H](C)CC[C@]2(C(=O)O[C@@H]3O[C@H](CO)[C@@H](O)[C@H](O)[C@H]3O)CC[C@]3(C)C(=CC[C@@H]4[C@@]5(C)CC[C@H](O[C@@H]6OC[C@H](O)[C@H](O[C@@H]7OC[C@H](O)[C@H](O)[C@H]7O)[C@H]6O[C@@H]6O[C@H](CO)[C@@H](O)[C@H](O)[C@H]6O)C(C)(C)[C@@H]5CC[C@]43C)[C@H]12. The molecule has 0 amide bonds. The van der Waals surface area contributed by atoms with Gasteiger partial charge >= 0.3 is 5.97 Å². The van der Waals surface area contributed by atoms with Crippen LogP contribution in [-0.4, -0.2) is 210 Å². The van der Waals surface area contributed by atoms with E-state index in [9.17, 15) is 66.1 Å². The summed E-state index contributed by atoms with van der Waals surface area (Å²) in [5, 5.41) is 127. The van der Waals surface area contributed by atoms with Crippen molar-refractivity contribution in [3.63, 3.8) is 0 Å². The fourth-order valence-corrected chi connectivity index (χ4v) is 16.2. The molecule has 0 aromatic rings. The summed E-state index contributed by atoms with van der Waals surface area (Å²) < 4.78 is 48.6. The van der Waals surface area contributed by atoms with Gasteiger partial charge in [-0.15, -0.1) is 0 Å². The van der Waals surface area contributed by atoms with E-state index >= 15 is 0 Å². The average molecular weight is 1050 g/mol. The van der Waals surface area contributed by atoms with E-state index in [4.69, 9.17) is 37.9 Å². The zero-order chi connectivity index (χ0) is 53.1. The summed E-state index contributed by atoms with van der Waals surface area (Å²) >= 11 is 0. The number of carbonyl (C=O) groups excluding carboxylic acids is 1.